The van der Waals surface area contributed by atoms with Crippen molar-refractivity contribution in [1.82, 2.24) is 5.32 Å². The first-order valence-electron chi connectivity index (χ1n) is 7.17. The van der Waals surface area contributed by atoms with Crippen LogP contribution in [0.2, 0.25) is 5.02 Å². The molecule has 1 rings (SSSR count). The van der Waals surface area contributed by atoms with Crippen LogP contribution in [-0.2, 0) is 25.2 Å². The summed E-state index contributed by atoms with van der Waals surface area (Å²) in [5, 5.41) is 2.53. The Bertz CT molecular complexity index is 647. The normalized spacial score (nSPS) is 12.9. The highest BCUT2D eigenvalue weighted by Crippen LogP contribution is 2.32. The molecule has 1 aromatic carbocycles. The highest BCUT2D eigenvalue weighted by Gasteiger charge is 2.30. The van der Waals surface area contributed by atoms with E-state index in [2.05, 4.69) is 5.32 Å². The van der Waals surface area contributed by atoms with E-state index in [4.69, 9.17) is 21.1 Å². The maximum atomic E-state index is 12.7. The predicted octanol–water partition coefficient (Wildman–Crippen LogP) is 3.07. The van der Waals surface area contributed by atoms with E-state index in [1.807, 2.05) is 0 Å². The molecule has 0 saturated carbocycles. The summed E-state index contributed by atoms with van der Waals surface area (Å²) in [6.45, 7) is 1.93. The summed E-state index contributed by atoms with van der Waals surface area (Å²) in [5.41, 5.74) is -0.888. The number of carbonyl (C=O) groups is 2. The fraction of sp³-hybridized carbons (Fsp3) is 0.375. The molecule has 0 saturated heterocycles. The Kier molecular flexibility index (Phi) is 7.92. The van der Waals surface area contributed by atoms with Crippen LogP contribution in [-0.4, -0.2) is 38.2 Å². The molecule has 25 heavy (non-hydrogen) atoms. The van der Waals surface area contributed by atoms with Crippen molar-refractivity contribution >= 4 is 29.6 Å². The number of halogens is 4. The lowest BCUT2D eigenvalue weighted by molar-refractivity contribution is -0.150. The molecule has 0 aliphatic carbocycles. The van der Waals surface area contributed by atoms with Gasteiger partial charge in [0.05, 0.1) is 12.2 Å². The van der Waals surface area contributed by atoms with Gasteiger partial charge in [0, 0.05) is 24.8 Å². The summed E-state index contributed by atoms with van der Waals surface area (Å²) >= 11 is 5.81. The number of carbonyl (C=O) groups excluding carboxylic acids is 2. The van der Waals surface area contributed by atoms with E-state index in [0.29, 0.717) is 6.61 Å². The standard InChI is InChI=1S/C16H17ClF3NO4/c1-10(15(23)21-7-8-24-2)25-14(22)6-3-11-9-12(16(18,19)20)4-5-13(11)17/h3-6,9-10H,7-8H2,1-2H3,(H,21,23)/b6-3+/t10-/m0/s1. The highest BCUT2D eigenvalue weighted by atomic mass is 35.5. The molecule has 0 aliphatic heterocycles. The Labute approximate surface area is 147 Å². The van der Waals surface area contributed by atoms with E-state index in [1.54, 1.807) is 0 Å². The lowest BCUT2D eigenvalue weighted by Gasteiger charge is -2.12. The van der Waals surface area contributed by atoms with Crippen LogP contribution in [0.3, 0.4) is 0 Å². The van der Waals surface area contributed by atoms with Gasteiger partial charge in [0.2, 0.25) is 0 Å². The van der Waals surface area contributed by atoms with Crippen LogP contribution in [0.15, 0.2) is 24.3 Å². The molecule has 5 nitrogen and oxygen atoms in total. The third-order valence-corrected chi connectivity index (χ3v) is 3.33. The van der Waals surface area contributed by atoms with Crippen LogP contribution < -0.4 is 5.32 Å². The largest absolute Gasteiger partial charge is 0.449 e. The quantitative estimate of drug-likeness (QED) is 0.449. The molecule has 0 radical (unpaired) electrons. The van der Waals surface area contributed by atoms with Crippen molar-refractivity contribution in [2.75, 3.05) is 20.3 Å². The molecule has 0 unspecified atom stereocenters. The summed E-state index contributed by atoms with van der Waals surface area (Å²) < 4.78 is 47.6. The Morgan fingerprint density at radius 2 is 2.04 bits per heavy atom. The van der Waals surface area contributed by atoms with Gasteiger partial charge in [0.1, 0.15) is 0 Å². The molecule has 0 heterocycles. The van der Waals surface area contributed by atoms with Gasteiger partial charge in [-0.2, -0.15) is 13.2 Å². The van der Waals surface area contributed by atoms with Crippen LogP contribution >= 0.6 is 11.6 Å². The maximum Gasteiger partial charge on any atom is 0.416 e. The van der Waals surface area contributed by atoms with Crippen molar-refractivity contribution in [2.24, 2.45) is 0 Å². The van der Waals surface area contributed by atoms with Gasteiger partial charge in [-0.15, -0.1) is 0 Å². The molecular weight excluding hydrogens is 363 g/mol. The zero-order valence-electron chi connectivity index (χ0n) is 13.5. The number of rotatable bonds is 7. The number of ether oxygens (including phenoxy) is 2. The smallest absolute Gasteiger partial charge is 0.416 e. The van der Waals surface area contributed by atoms with Crippen LogP contribution in [0.5, 0.6) is 0 Å². The topological polar surface area (TPSA) is 64.6 Å². The van der Waals surface area contributed by atoms with Crippen molar-refractivity contribution < 1.29 is 32.2 Å². The van der Waals surface area contributed by atoms with E-state index in [1.165, 1.54) is 14.0 Å². The van der Waals surface area contributed by atoms with Crippen molar-refractivity contribution in [1.29, 1.82) is 0 Å². The first-order valence-corrected chi connectivity index (χ1v) is 7.55. The van der Waals surface area contributed by atoms with Crippen LogP contribution in [0.25, 0.3) is 6.08 Å². The van der Waals surface area contributed by atoms with Crippen molar-refractivity contribution in [3.8, 4) is 0 Å². The first kappa shape index (κ1) is 21.0. The van der Waals surface area contributed by atoms with Gasteiger partial charge < -0.3 is 14.8 Å². The Hall–Kier alpha value is -2.06. The monoisotopic (exact) mass is 379 g/mol. The van der Waals surface area contributed by atoms with E-state index < -0.39 is 29.7 Å². The highest BCUT2D eigenvalue weighted by molar-refractivity contribution is 6.32. The molecule has 9 heteroatoms. The molecule has 138 valence electrons. The Morgan fingerprint density at radius 3 is 2.64 bits per heavy atom. The molecule has 1 amide bonds. The minimum Gasteiger partial charge on any atom is -0.449 e. The fourth-order valence-electron chi connectivity index (χ4n) is 1.69. The summed E-state index contributed by atoms with van der Waals surface area (Å²) in [4.78, 5) is 23.3. The van der Waals surface area contributed by atoms with Gasteiger partial charge >= 0.3 is 12.1 Å². The third-order valence-electron chi connectivity index (χ3n) is 2.99. The van der Waals surface area contributed by atoms with Gasteiger partial charge in [-0.05, 0) is 36.8 Å². The molecular formula is C16H17ClF3NO4. The number of nitrogens with one attached hydrogen (secondary N) is 1. The molecule has 1 aromatic rings. The van der Waals surface area contributed by atoms with Gasteiger partial charge in [-0.25, -0.2) is 4.79 Å². The van der Waals surface area contributed by atoms with E-state index in [9.17, 15) is 22.8 Å². The molecule has 0 fully saturated rings. The van der Waals surface area contributed by atoms with Crippen LogP contribution in [0.1, 0.15) is 18.1 Å². The van der Waals surface area contributed by atoms with Crippen molar-refractivity contribution in [2.45, 2.75) is 19.2 Å². The lowest BCUT2D eigenvalue weighted by atomic mass is 10.1. The van der Waals surface area contributed by atoms with Gasteiger partial charge in [-0.3, -0.25) is 4.79 Å². The summed E-state index contributed by atoms with van der Waals surface area (Å²) in [6, 6.07) is 2.73. The number of hydrogen-bond donors (Lipinski definition) is 1. The zero-order valence-corrected chi connectivity index (χ0v) is 14.3. The summed E-state index contributed by atoms with van der Waals surface area (Å²) in [5.74, 6) is -1.40. The molecule has 0 bridgehead atoms. The Balaban J connectivity index is 2.69. The second-order valence-corrected chi connectivity index (χ2v) is 5.34. The summed E-state index contributed by atoms with van der Waals surface area (Å²) in [7, 11) is 1.47. The van der Waals surface area contributed by atoms with E-state index in [0.717, 1.165) is 30.4 Å². The minimum absolute atomic E-state index is 0.00522. The number of hydrogen-bond acceptors (Lipinski definition) is 4. The van der Waals surface area contributed by atoms with Gasteiger partial charge in [-0.1, -0.05) is 11.6 Å². The van der Waals surface area contributed by atoms with Crippen LogP contribution in [0, 0.1) is 0 Å². The van der Waals surface area contributed by atoms with E-state index in [-0.39, 0.29) is 17.1 Å². The second kappa shape index (κ2) is 9.43. The third kappa shape index (κ3) is 7.15. The average molecular weight is 380 g/mol. The SMILES string of the molecule is COCCNC(=O)[C@H](C)OC(=O)/C=C/c1cc(C(F)(F)F)ccc1Cl. The molecule has 0 aliphatic rings. The average Bonchev–Trinajstić information content (AvgIpc) is 2.53. The lowest BCUT2D eigenvalue weighted by Crippen LogP contribution is -2.37. The van der Waals surface area contributed by atoms with Crippen LogP contribution in [0.4, 0.5) is 13.2 Å². The number of alkyl halides is 3. The number of methoxy groups -OCH3 is 1. The number of amides is 1. The number of esters is 1. The molecule has 1 atom stereocenters. The Morgan fingerprint density at radius 1 is 1.36 bits per heavy atom. The number of benzene rings is 1. The predicted molar refractivity (Wildman–Crippen MR) is 85.9 cm³/mol. The second-order valence-electron chi connectivity index (χ2n) is 4.93. The fourth-order valence-corrected chi connectivity index (χ4v) is 1.87. The zero-order chi connectivity index (χ0) is 19.0. The van der Waals surface area contributed by atoms with Crippen molar-refractivity contribution in [3.63, 3.8) is 0 Å². The molecule has 1 N–H and O–H groups in total. The maximum absolute atomic E-state index is 12.7. The summed E-state index contributed by atoms with van der Waals surface area (Å²) in [6.07, 6.45) is -3.59. The molecule has 0 aromatic heterocycles. The minimum atomic E-state index is -4.53. The first-order chi connectivity index (χ1) is 11.6. The van der Waals surface area contributed by atoms with E-state index >= 15 is 0 Å². The van der Waals surface area contributed by atoms with Gasteiger partial charge in [0.25, 0.3) is 5.91 Å². The van der Waals surface area contributed by atoms with Crippen molar-refractivity contribution in [3.05, 3.63) is 40.4 Å². The molecule has 0 spiro atoms. The van der Waals surface area contributed by atoms with Gasteiger partial charge in [0.15, 0.2) is 6.10 Å².